The Morgan fingerprint density at radius 2 is 1.83 bits per heavy atom. The number of carbonyl (C=O) groups excluding carboxylic acids is 1. The summed E-state index contributed by atoms with van der Waals surface area (Å²) in [6.07, 6.45) is 6.05. The van der Waals surface area contributed by atoms with Crippen LogP contribution in [-0.4, -0.2) is 25.2 Å². The summed E-state index contributed by atoms with van der Waals surface area (Å²) in [6.45, 7) is 13.3. The Morgan fingerprint density at radius 1 is 1.14 bits per heavy atom. The number of fused-ring (bicyclic) bond motifs is 5. The van der Waals surface area contributed by atoms with Crippen LogP contribution in [0.5, 0.6) is 5.75 Å². The second kappa shape index (κ2) is 8.95. The molecule has 3 aliphatic rings. The van der Waals surface area contributed by atoms with Crippen molar-refractivity contribution in [2.24, 2.45) is 22.7 Å². The quantitative estimate of drug-likeness (QED) is 0.356. The van der Waals surface area contributed by atoms with Crippen LogP contribution in [0.25, 0.3) is 0 Å². The van der Waals surface area contributed by atoms with E-state index in [0.29, 0.717) is 23.0 Å². The second-order valence-electron chi connectivity index (χ2n) is 12.3. The number of nitrogens with one attached hydrogen (secondary N) is 1. The van der Waals surface area contributed by atoms with Gasteiger partial charge in [0.05, 0.1) is 13.9 Å². The first kappa shape index (κ1) is 26.8. The summed E-state index contributed by atoms with van der Waals surface area (Å²) >= 11 is 0. The number of esters is 1. The molecule has 8 heteroatoms. The zero-order valence-corrected chi connectivity index (χ0v) is 23.0. The van der Waals surface area contributed by atoms with Gasteiger partial charge in [-0.2, -0.15) is 0 Å². The predicted molar refractivity (Wildman–Crippen MR) is 131 cm³/mol. The van der Waals surface area contributed by atoms with Crippen molar-refractivity contribution < 1.29 is 28.4 Å². The predicted octanol–water partition coefficient (Wildman–Crippen LogP) is 3.78. The lowest BCUT2D eigenvalue weighted by molar-refractivity contribution is -0.344. The van der Waals surface area contributed by atoms with E-state index in [9.17, 15) is 19.1 Å². The van der Waals surface area contributed by atoms with Crippen LogP contribution in [0.4, 0.5) is 0 Å². The second-order valence-corrected chi connectivity index (χ2v) is 13.4. The normalized spacial score (nSPS) is 33.3. The van der Waals surface area contributed by atoms with Crippen LogP contribution >= 0.6 is 7.82 Å². The molecule has 3 aliphatic carbocycles. The molecule has 1 aromatic carbocycles. The minimum atomic E-state index is -5.23. The molecule has 1 aromatic rings. The Kier molecular flexibility index (Phi) is 6.86. The first-order valence-electron chi connectivity index (χ1n) is 12.9. The lowest BCUT2D eigenvalue weighted by Crippen LogP contribution is -2.55. The molecule has 4 unspecified atom stereocenters. The van der Waals surface area contributed by atoms with Gasteiger partial charge in [-0.15, -0.1) is 0 Å². The molecule has 35 heavy (non-hydrogen) atoms. The minimum Gasteiger partial charge on any atom is -0.790 e. The summed E-state index contributed by atoms with van der Waals surface area (Å²) < 4.78 is 21.2. The van der Waals surface area contributed by atoms with E-state index < -0.39 is 25.9 Å². The fourth-order valence-corrected chi connectivity index (χ4v) is 9.01. The number of ether oxygens (including phenoxy) is 1. The molecule has 0 aliphatic heterocycles. The summed E-state index contributed by atoms with van der Waals surface area (Å²) in [7, 11) is -3.73. The van der Waals surface area contributed by atoms with Gasteiger partial charge in [0.15, 0.2) is 0 Å². The molecule has 0 radical (unpaired) electrons. The molecule has 7 nitrogen and oxygen atoms in total. The number of hydrogen-bond donors (Lipinski definition) is 1. The molecule has 0 spiro atoms. The van der Waals surface area contributed by atoms with E-state index in [4.69, 9.17) is 4.74 Å². The fraction of sp³-hybridized carbons (Fsp3) is 0.741. The van der Waals surface area contributed by atoms with Crippen LogP contribution in [0.3, 0.4) is 0 Å². The Labute approximate surface area is 209 Å². The monoisotopic (exact) mass is 505 g/mol. The van der Waals surface area contributed by atoms with Gasteiger partial charge in [-0.05, 0) is 110 Å². The van der Waals surface area contributed by atoms with Crippen molar-refractivity contribution in [1.82, 2.24) is 5.32 Å². The number of phosphoric acid groups is 1. The molecule has 0 bridgehead atoms. The first-order valence-corrected chi connectivity index (χ1v) is 14.3. The Bertz CT molecular complexity index is 1050. The molecule has 2 fully saturated rings. The maximum Gasteiger partial charge on any atom is 0.331 e. The van der Waals surface area contributed by atoms with Crippen molar-refractivity contribution in [3.05, 3.63) is 28.8 Å². The third kappa shape index (κ3) is 4.64. The fourth-order valence-electron chi connectivity index (χ4n) is 8.48. The van der Waals surface area contributed by atoms with Crippen molar-refractivity contribution in [3.63, 3.8) is 0 Å². The van der Waals surface area contributed by atoms with Crippen LogP contribution in [-0.2, 0) is 25.7 Å². The van der Waals surface area contributed by atoms with E-state index in [2.05, 4.69) is 44.5 Å². The number of aryl methyl sites for hydroxylation is 1. The number of likely N-dealkylation sites (N-methyl/N-ethyl adjacent to an activating group) is 1. The summed E-state index contributed by atoms with van der Waals surface area (Å²) in [6, 6.07) is 2.80. The highest BCUT2D eigenvalue weighted by atomic mass is 31.2. The Hall–Kier alpha value is -1.24. The average Bonchev–Trinajstić information content (AvgIpc) is 3.00. The van der Waals surface area contributed by atoms with Gasteiger partial charge in [0.2, 0.25) is 0 Å². The third-order valence-corrected chi connectivity index (χ3v) is 10.3. The van der Waals surface area contributed by atoms with Crippen LogP contribution < -0.4 is 19.8 Å². The van der Waals surface area contributed by atoms with E-state index in [-0.39, 0.29) is 10.8 Å². The average molecular weight is 506 g/mol. The molecular weight excluding hydrogens is 465 g/mol. The van der Waals surface area contributed by atoms with E-state index in [1.807, 2.05) is 12.1 Å². The van der Waals surface area contributed by atoms with Gasteiger partial charge in [0, 0.05) is 0 Å². The molecule has 0 heterocycles. The van der Waals surface area contributed by atoms with E-state index in [1.165, 1.54) is 57.2 Å². The van der Waals surface area contributed by atoms with Crippen LogP contribution in [0.1, 0.15) is 83.4 Å². The molecule has 0 saturated heterocycles. The zero-order chi connectivity index (χ0) is 26.0. The highest BCUT2D eigenvalue weighted by Gasteiger charge is 2.61. The molecule has 6 atom stereocenters. The van der Waals surface area contributed by atoms with Gasteiger partial charge >= 0.3 is 5.97 Å². The van der Waals surface area contributed by atoms with Gasteiger partial charge in [-0.25, -0.2) is 4.79 Å². The van der Waals surface area contributed by atoms with Crippen molar-refractivity contribution in [2.45, 2.75) is 97.6 Å². The number of hydrogen-bond acceptors (Lipinski definition) is 7. The molecule has 196 valence electrons. The molecule has 1 N–H and O–H groups in total. The maximum absolute atomic E-state index is 12.8. The van der Waals surface area contributed by atoms with Gasteiger partial charge in [0.25, 0.3) is 0 Å². The van der Waals surface area contributed by atoms with Crippen molar-refractivity contribution in [3.8, 4) is 5.75 Å². The number of phosphoric ester groups is 1. The number of carbonyl (C=O) groups is 1. The highest BCUT2D eigenvalue weighted by molar-refractivity contribution is 7.43. The summed E-state index contributed by atoms with van der Waals surface area (Å²) in [4.78, 5) is 34.9. The first-order chi connectivity index (χ1) is 16.1. The Morgan fingerprint density at radius 3 is 2.46 bits per heavy atom. The third-order valence-electron chi connectivity index (χ3n) is 9.73. The molecule has 4 rings (SSSR count). The van der Waals surface area contributed by atoms with Crippen molar-refractivity contribution in [1.29, 1.82) is 0 Å². The number of rotatable bonds is 6. The van der Waals surface area contributed by atoms with Crippen molar-refractivity contribution >= 4 is 13.8 Å². The van der Waals surface area contributed by atoms with Crippen LogP contribution in [0.15, 0.2) is 12.1 Å². The highest BCUT2D eigenvalue weighted by Crippen LogP contribution is 2.67. The molecular formula is C27H40NO6P-2. The minimum absolute atomic E-state index is 0.111. The van der Waals surface area contributed by atoms with E-state index >= 15 is 0 Å². The lowest BCUT2D eigenvalue weighted by Gasteiger charge is -2.61. The van der Waals surface area contributed by atoms with Gasteiger partial charge in [-0.1, -0.05) is 34.1 Å². The number of benzene rings is 1. The zero-order valence-electron chi connectivity index (χ0n) is 22.1. The van der Waals surface area contributed by atoms with Crippen LogP contribution in [0, 0.1) is 29.6 Å². The van der Waals surface area contributed by atoms with Gasteiger partial charge in [0.1, 0.15) is 11.8 Å². The SMILES string of the molecule is CNC(C(=O)Oc1cc(C)c2c(c1)C[C@H]1C2(C)CCC2C(C)(C)CCC[C@@]21C)C(C)OP(=O)([O-])[O-]. The maximum atomic E-state index is 12.8. The molecule has 0 amide bonds. The lowest BCUT2D eigenvalue weighted by atomic mass is 9.43. The smallest absolute Gasteiger partial charge is 0.331 e. The molecule has 2 saturated carbocycles. The largest absolute Gasteiger partial charge is 0.790 e. The van der Waals surface area contributed by atoms with Gasteiger partial charge < -0.3 is 28.9 Å². The standard InChI is InChI=1S/C27H42NO6P/c1-16-13-19(33-24(29)23(28-7)17(2)34-35(30,31)32)14-18-15-21-26(5)11-8-10-25(3,4)20(26)9-12-27(21,6)22(16)18/h13-14,17,20-21,23,28H,8-12,15H2,1-7H3,(H2,30,31,32)/p-2/t17?,20?,21-,23?,26+,27?/m1/s1. The molecule has 0 aromatic heterocycles. The summed E-state index contributed by atoms with van der Waals surface area (Å²) in [5.41, 5.74) is 4.54. The van der Waals surface area contributed by atoms with Crippen LogP contribution in [0.2, 0.25) is 0 Å². The van der Waals surface area contributed by atoms with E-state index in [0.717, 1.165) is 12.0 Å². The Balaban J connectivity index is 1.61. The van der Waals surface area contributed by atoms with E-state index in [1.54, 1.807) is 0 Å². The topological polar surface area (TPSA) is 111 Å². The summed E-state index contributed by atoms with van der Waals surface area (Å²) in [5.74, 6) is 1.02. The van der Waals surface area contributed by atoms with Gasteiger partial charge in [-0.3, -0.25) is 0 Å². The summed E-state index contributed by atoms with van der Waals surface area (Å²) in [5, 5.41) is 2.70. The van der Waals surface area contributed by atoms with Crippen molar-refractivity contribution in [2.75, 3.05) is 7.05 Å².